The van der Waals surface area contributed by atoms with Crippen LogP contribution in [-0.2, 0) is 0 Å². The lowest BCUT2D eigenvalue weighted by Gasteiger charge is -1.95. The summed E-state index contributed by atoms with van der Waals surface area (Å²) >= 11 is 0. The molecule has 0 aliphatic heterocycles. The minimum Gasteiger partial charge on any atom is -0.471 e. The maximum atomic E-state index is 8.29. The SMILES string of the molecule is N#Cc1ccccc1.c1ccc2cc3cocc3cc2c1. The van der Waals surface area contributed by atoms with Crippen LogP contribution in [0.25, 0.3) is 21.5 Å². The highest BCUT2D eigenvalue weighted by molar-refractivity contribution is 5.97. The highest BCUT2D eigenvalue weighted by Crippen LogP contribution is 2.22. The number of hydrogen-bond acceptors (Lipinski definition) is 2. The van der Waals surface area contributed by atoms with Crippen molar-refractivity contribution >= 4 is 21.5 Å². The Morgan fingerprint density at radius 1 is 0.667 bits per heavy atom. The molecule has 21 heavy (non-hydrogen) atoms. The summed E-state index contributed by atoms with van der Waals surface area (Å²) in [5, 5.41) is 13.1. The number of hydrogen-bond donors (Lipinski definition) is 0. The third kappa shape index (κ3) is 2.93. The molecule has 2 nitrogen and oxygen atoms in total. The molecule has 0 bridgehead atoms. The lowest BCUT2D eigenvalue weighted by molar-refractivity contribution is 0.572. The molecule has 0 spiro atoms. The Hall–Kier alpha value is -3.05. The van der Waals surface area contributed by atoms with Crippen LogP contribution in [0.1, 0.15) is 5.56 Å². The zero-order valence-electron chi connectivity index (χ0n) is 11.4. The van der Waals surface area contributed by atoms with Gasteiger partial charge in [0.05, 0.1) is 24.2 Å². The zero-order chi connectivity index (χ0) is 14.5. The van der Waals surface area contributed by atoms with Crippen molar-refractivity contribution in [2.45, 2.75) is 0 Å². The predicted molar refractivity (Wildman–Crippen MR) is 84.9 cm³/mol. The second-order valence-electron chi connectivity index (χ2n) is 4.68. The van der Waals surface area contributed by atoms with Crippen LogP contribution < -0.4 is 0 Å². The van der Waals surface area contributed by atoms with Crippen LogP contribution in [0.2, 0.25) is 0 Å². The van der Waals surface area contributed by atoms with E-state index in [1.165, 1.54) is 21.5 Å². The van der Waals surface area contributed by atoms with Gasteiger partial charge in [-0.25, -0.2) is 0 Å². The van der Waals surface area contributed by atoms with Gasteiger partial charge in [0.15, 0.2) is 0 Å². The van der Waals surface area contributed by atoms with Crippen molar-refractivity contribution in [3.8, 4) is 6.07 Å². The third-order valence-electron chi connectivity index (χ3n) is 3.24. The molecule has 0 saturated heterocycles. The molecular formula is C19H13NO. The Morgan fingerprint density at radius 3 is 1.67 bits per heavy atom. The number of nitriles is 1. The van der Waals surface area contributed by atoms with Crippen LogP contribution in [0.3, 0.4) is 0 Å². The summed E-state index contributed by atoms with van der Waals surface area (Å²) in [5.41, 5.74) is 0.715. The van der Waals surface area contributed by atoms with Gasteiger partial charge in [0, 0.05) is 10.8 Å². The van der Waals surface area contributed by atoms with Gasteiger partial charge in [0.1, 0.15) is 0 Å². The Kier molecular flexibility index (Phi) is 3.66. The Balaban J connectivity index is 0.000000143. The lowest BCUT2D eigenvalue weighted by atomic mass is 10.1. The van der Waals surface area contributed by atoms with Crippen molar-refractivity contribution in [3.05, 3.63) is 84.8 Å². The van der Waals surface area contributed by atoms with Gasteiger partial charge >= 0.3 is 0 Å². The summed E-state index contributed by atoms with van der Waals surface area (Å²) < 4.78 is 5.14. The Labute approximate surface area is 122 Å². The second-order valence-corrected chi connectivity index (χ2v) is 4.68. The van der Waals surface area contributed by atoms with Crippen molar-refractivity contribution in [3.63, 3.8) is 0 Å². The van der Waals surface area contributed by atoms with Gasteiger partial charge in [-0.15, -0.1) is 0 Å². The quantitative estimate of drug-likeness (QED) is 0.444. The smallest absolute Gasteiger partial charge is 0.0991 e. The lowest BCUT2D eigenvalue weighted by Crippen LogP contribution is -1.70. The van der Waals surface area contributed by atoms with Gasteiger partial charge in [0.25, 0.3) is 0 Å². The highest BCUT2D eigenvalue weighted by atomic mass is 16.3. The average molecular weight is 271 g/mol. The Morgan fingerprint density at radius 2 is 1.19 bits per heavy atom. The molecule has 0 fully saturated rings. The number of benzene rings is 3. The molecule has 3 aromatic carbocycles. The van der Waals surface area contributed by atoms with Gasteiger partial charge in [0.2, 0.25) is 0 Å². The van der Waals surface area contributed by atoms with E-state index in [1.807, 2.05) is 36.4 Å². The number of nitrogens with zero attached hydrogens (tertiary/aromatic N) is 1. The molecular weight excluding hydrogens is 258 g/mol. The molecule has 0 amide bonds. The van der Waals surface area contributed by atoms with Crippen molar-refractivity contribution in [1.82, 2.24) is 0 Å². The normalized spacial score (nSPS) is 9.86. The van der Waals surface area contributed by atoms with Crippen LogP contribution in [0.5, 0.6) is 0 Å². The van der Waals surface area contributed by atoms with E-state index in [0.717, 1.165) is 0 Å². The first kappa shape index (κ1) is 13.0. The van der Waals surface area contributed by atoms with E-state index in [0.29, 0.717) is 5.56 Å². The van der Waals surface area contributed by atoms with Crippen molar-refractivity contribution in [2.24, 2.45) is 0 Å². The standard InChI is InChI=1S/C12H8O.C7H5N/c1-2-4-10-6-12-8-13-7-11(12)5-9(10)3-1;8-6-7-4-2-1-3-5-7/h1-8H;1-5H. The fourth-order valence-electron chi connectivity index (χ4n) is 2.17. The number of rotatable bonds is 0. The van der Waals surface area contributed by atoms with E-state index in [-0.39, 0.29) is 0 Å². The van der Waals surface area contributed by atoms with Crippen LogP contribution in [0, 0.1) is 11.3 Å². The monoisotopic (exact) mass is 271 g/mol. The third-order valence-corrected chi connectivity index (χ3v) is 3.24. The number of fused-ring (bicyclic) bond motifs is 2. The van der Waals surface area contributed by atoms with E-state index in [4.69, 9.17) is 9.68 Å². The first-order valence-corrected chi connectivity index (χ1v) is 6.67. The molecule has 4 rings (SSSR count). The molecule has 0 saturated carbocycles. The average Bonchev–Trinajstić information content (AvgIpc) is 3.01. The molecule has 0 aliphatic rings. The maximum absolute atomic E-state index is 8.29. The highest BCUT2D eigenvalue weighted by Gasteiger charge is 1.97. The first-order chi connectivity index (χ1) is 10.4. The zero-order valence-corrected chi connectivity index (χ0v) is 11.4. The van der Waals surface area contributed by atoms with Gasteiger partial charge in [-0.3, -0.25) is 0 Å². The van der Waals surface area contributed by atoms with E-state index in [1.54, 1.807) is 24.7 Å². The molecule has 4 aromatic rings. The fourth-order valence-corrected chi connectivity index (χ4v) is 2.17. The summed E-state index contributed by atoms with van der Waals surface area (Å²) in [7, 11) is 0. The molecule has 0 aliphatic carbocycles. The van der Waals surface area contributed by atoms with Crippen LogP contribution in [0.15, 0.2) is 83.7 Å². The van der Waals surface area contributed by atoms with Gasteiger partial charge < -0.3 is 4.42 Å². The molecule has 100 valence electrons. The van der Waals surface area contributed by atoms with Gasteiger partial charge in [-0.05, 0) is 35.0 Å². The van der Waals surface area contributed by atoms with Crippen molar-refractivity contribution in [2.75, 3.05) is 0 Å². The molecule has 0 radical (unpaired) electrons. The summed E-state index contributed by atoms with van der Waals surface area (Å²) in [5.74, 6) is 0. The maximum Gasteiger partial charge on any atom is 0.0991 e. The number of furan rings is 1. The van der Waals surface area contributed by atoms with E-state index in [2.05, 4.69) is 24.3 Å². The summed E-state index contributed by atoms with van der Waals surface area (Å²) in [6.45, 7) is 0. The van der Waals surface area contributed by atoms with E-state index in [9.17, 15) is 0 Å². The minimum absolute atomic E-state index is 0.715. The van der Waals surface area contributed by atoms with Gasteiger partial charge in [-0.2, -0.15) is 5.26 Å². The summed E-state index contributed by atoms with van der Waals surface area (Å²) in [6.07, 6.45) is 3.56. The predicted octanol–water partition coefficient (Wildman–Crippen LogP) is 5.14. The van der Waals surface area contributed by atoms with Gasteiger partial charge in [-0.1, -0.05) is 42.5 Å². The first-order valence-electron chi connectivity index (χ1n) is 6.67. The molecule has 2 heteroatoms. The molecule has 0 atom stereocenters. The molecule has 1 heterocycles. The van der Waals surface area contributed by atoms with Crippen LogP contribution in [0.4, 0.5) is 0 Å². The van der Waals surface area contributed by atoms with Crippen molar-refractivity contribution in [1.29, 1.82) is 5.26 Å². The van der Waals surface area contributed by atoms with Crippen LogP contribution in [-0.4, -0.2) is 0 Å². The molecule has 0 N–H and O–H groups in total. The van der Waals surface area contributed by atoms with Crippen LogP contribution >= 0.6 is 0 Å². The summed E-state index contributed by atoms with van der Waals surface area (Å²) in [4.78, 5) is 0. The minimum atomic E-state index is 0.715. The fraction of sp³-hybridized carbons (Fsp3) is 0. The largest absolute Gasteiger partial charge is 0.471 e. The topological polar surface area (TPSA) is 36.9 Å². The summed E-state index contributed by atoms with van der Waals surface area (Å²) in [6, 6.07) is 23.8. The van der Waals surface area contributed by atoms with E-state index >= 15 is 0 Å². The van der Waals surface area contributed by atoms with E-state index < -0.39 is 0 Å². The van der Waals surface area contributed by atoms with Crippen molar-refractivity contribution < 1.29 is 4.42 Å². The molecule has 0 unspecified atom stereocenters. The second kappa shape index (κ2) is 5.94. The Bertz CT molecular complexity index is 851. The molecule has 1 aromatic heterocycles.